The minimum Gasteiger partial charge on any atom is -0.478 e. The van der Waals surface area contributed by atoms with E-state index in [1.165, 1.54) is 6.07 Å². The Kier molecular flexibility index (Phi) is 4.76. The largest absolute Gasteiger partial charge is 0.478 e. The van der Waals surface area contributed by atoms with E-state index in [-0.39, 0.29) is 5.56 Å². The lowest BCUT2D eigenvalue weighted by Crippen LogP contribution is -2.19. The van der Waals surface area contributed by atoms with Crippen LogP contribution in [-0.4, -0.2) is 17.1 Å². The van der Waals surface area contributed by atoms with Gasteiger partial charge >= 0.3 is 12.0 Å². The molecule has 0 radical (unpaired) electrons. The molecule has 2 amide bonds. The van der Waals surface area contributed by atoms with E-state index in [1.807, 2.05) is 48.5 Å². The number of nitrogens with one attached hydrogen (secondary N) is 2. The molecule has 0 fully saturated rings. The summed E-state index contributed by atoms with van der Waals surface area (Å²) in [6, 6.07) is 22.6. The monoisotopic (exact) mass is 332 g/mol. The minimum absolute atomic E-state index is 0.181. The second-order valence-electron chi connectivity index (χ2n) is 5.38. The van der Waals surface area contributed by atoms with Gasteiger partial charge in [-0.1, -0.05) is 48.5 Å². The van der Waals surface area contributed by atoms with Crippen LogP contribution in [0.1, 0.15) is 10.4 Å². The summed E-state index contributed by atoms with van der Waals surface area (Å²) >= 11 is 0. The maximum Gasteiger partial charge on any atom is 0.336 e. The summed E-state index contributed by atoms with van der Waals surface area (Å²) in [6.45, 7) is 0. The van der Waals surface area contributed by atoms with E-state index < -0.39 is 12.0 Å². The molecular weight excluding hydrogens is 316 g/mol. The molecule has 0 aromatic heterocycles. The standard InChI is InChI=1S/C20H16N2O3/c23-19(24)17-12-11-16(13-18(17)14-7-3-1-4-8-14)22-20(25)21-15-9-5-2-6-10-15/h1-13H,(H,23,24)(H2,21,22,25). The lowest BCUT2D eigenvalue weighted by Gasteiger charge is -2.11. The summed E-state index contributed by atoms with van der Waals surface area (Å²) < 4.78 is 0. The van der Waals surface area contributed by atoms with Crippen molar-refractivity contribution in [3.8, 4) is 11.1 Å². The zero-order chi connectivity index (χ0) is 17.6. The number of hydrogen-bond donors (Lipinski definition) is 3. The first-order valence-electron chi connectivity index (χ1n) is 7.69. The Balaban J connectivity index is 1.85. The molecule has 25 heavy (non-hydrogen) atoms. The number of para-hydroxylation sites is 1. The number of carboxylic acids is 1. The highest BCUT2D eigenvalue weighted by Crippen LogP contribution is 2.27. The van der Waals surface area contributed by atoms with E-state index in [2.05, 4.69) is 10.6 Å². The molecule has 5 heteroatoms. The highest BCUT2D eigenvalue weighted by atomic mass is 16.4. The van der Waals surface area contributed by atoms with Crippen molar-refractivity contribution in [3.63, 3.8) is 0 Å². The zero-order valence-corrected chi connectivity index (χ0v) is 13.3. The fourth-order valence-corrected chi connectivity index (χ4v) is 2.48. The zero-order valence-electron chi connectivity index (χ0n) is 13.3. The molecule has 0 aliphatic rings. The molecule has 3 rings (SSSR count). The van der Waals surface area contributed by atoms with Crippen LogP contribution in [0.4, 0.5) is 16.2 Å². The fraction of sp³-hybridized carbons (Fsp3) is 0. The molecule has 0 saturated heterocycles. The Hall–Kier alpha value is -3.60. The molecule has 0 bridgehead atoms. The Morgan fingerprint density at radius 1 is 0.720 bits per heavy atom. The van der Waals surface area contributed by atoms with Crippen molar-refractivity contribution < 1.29 is 14.7 Å². The second-order valence-corrected chi connectivity index (χ2v) is 5.38. The number of hydrogen-bond acceptors (Lipinski definition) is 2. The van der Waals surface area contributed by atoms with Crippen molar-refractivity contribution in [2.45, 2.75) is 0 Å². The summed E-state index contributed by atoms with van der Waals surface area (Å²) in [7, 11) is 0. The molecule has 0 heterocycles. The summed E-state index contributed by atoms with van der Waals surface area (Å²) in [6.07, 6.45) is 0. The maximum atomic E-state index is 12.1. The average Bonchev–Trinajstić information content (AvgIpc) is 2.63. The summed E-state index contributed by atoms with van der Waals surface area (Å²) in [4.78, 5) is 23.6. The van der Waals surface area contributed by atoms with Crippen molar-refractivity contribution in [3.05, 3.63) is 84.4 Å². The molecular formula is C20H16N2O3. The van der Waals surface area contributed by atoms with E-state index in [1.54, 1.807) is 24.3 Å². The van der Waals surface area contributed by atoms with Gasteiger partial charge in [0.25, 0.3) is 0 Å². The lowest BCUT2D eigenvalue weighted by atomic mass is 9.99. The van der Waals surface area contributed by atoms with Gasteiger partial charge in [0.05, 0.1) is 5.56 Å². The van der Waals surface area contributed by atoms with Gasteiger partial charge in [0.2, 0.25) is 0 Å². The summed E-state index contributed by atoms with van der Waals surface area (Å²) in [5.41, 5.74) is 2.68. The van der Waals surface area contributed by atoms with E-state index in [4.69, 9.17) is 0 Å². The van der Waals surface area contributed by atoms with E-state index >= 15 is 0 Å². The molecule has 0 spiro atoms. The maximum absolute atomic E-state index is 12.1. The lowest BCUT2D eigenvalue weighted by molar-refractivity contribution is 0.0697. The Morgan fingerprint density at radius 2 is 1.32 bits per heavy atom. The van der Waals surface area contributed by atoms with E-state index in [0.717, 1.165) is 5.56 Å². The number of amides is 2. The quantitative estimate of drug-likeness (QED) is 0.648. The molecule has 5 nitrogen and oxygen atoms in total. The molecule has 0 saturated carbocycles. The predicted octanol–water partition coefficient (Wildman–Crippen LogP) is 4.70. The van der Waals surface area contributed by atoms with Gasteiger partial charge in [0.15, 0.2) is 0 Å². The highest BCUT2D eigenvalue weighted by molar-refractivity contribution is 6.02. The van der Waals surface area contributed by atoms with Crippen LogP contribution in [0, 0.1) is 0 Å². The van der Waals surface area contributed by atoms with Gasteiger partial charge < -0.3 is 15.7 Å². The van der Waals surface area contributed by atoms with Gasteiger partial charge in [-0.2, -0.15) is 0 Å². The van der Waals surface area contributed by atoms with Crippen molar-refractivity contribution in [1.82, 2.24) is 0 Å². The molecule has 3 N–H and O–H groups in total. The molecule has 3 aromatic carbocycles. The molecule has 124 valence electrons. The first kappa shape index (κ1) is 16.3. The molecule has 0 atom stereocenters. The second kappa shape index (κ2) is 7.31. The van der Waals surface area contributed by atoms with Crippen molar-refractivity contribution in [2.24, 2.45) is 0 Å². The van der Waals surface area contributed by atoms with Crippen LogP contribution in [0.2, 0.25) is 0 Å². The number of carbonyl (C=O) groups is 2. The first-order chi connectivity index (χ1) is 12.1. The van der Waals surface area contributed by atoms with Crippen LogP contribution in [0.3, 0.4) is 0 Å². The van der Waals surface area contributed by atoms with Gasteiger partial charge in [-0.15, -0.1) is 0 Å². The first-order valence-corrected chi connectivity index (χ1v) is 7.69. The molecule has 0 unspecified atom stereocenters. The average molecular weight is 332 g/mol. The smallest absolute Gasteiger partial charge is 0.336 e. The minimum atomic E-state index is -1.01. The van der Waals surface area contributed by atoms with Crippen LogP contribution in [0.25, 0.3) is 11.1 Å². The van der Waals surface area contributed by atoms with Crippen LogP contribution in [0.5, 0.6) is 0 Å². The molecule has 0 aliphatic carbocycles. The predicted molar refractivity (Wildman–Crippen MR) is 97.9 cm³/mol. The van der Waals surface area contributed by atoms with Gasteiger partial charge in [-0.05, 0) is 41.5 Å². The van der Waals surface area contributed by atoms with Crippen molar-refractivity contribution >= 4 is 23.4 Å². The van der Waals surface area contributed by atoms with E-state index in [0.29, 0.717) is 16.9 Å². The number of carboxylic acid groups (broad SMARTS) is 1. The highest BCUT2D eigenvalue weighted by Gasteiger charge is 2.13. The van der Waals surface area contributed by atoms with Gasteiger partial charge in [-0.25, -0.2) is 9.59 Å². The van der Waals surface area contributed by atoms with Gasteiger partial charge in [-0.3, -0.25) is 0 Å². The summed E-state index contributed by atoms with van der Waals surface area (Å²) in [5, 5.41) is 14.8. The molecule has 3 aromatic rings. The van der Waals surface area contributed by atoms with Crippen LogP contribution in [-0.2, 0) is 0 Å². The van der Waals surface area contributed by atoms with Crippen molar-refractivity contribution in [1.29, 1.82) is 0 Å². The van der Waals surface area contributed by atoms with Crippen LogP contribution < -0.4 is 10.6 Å². The third-order valence-corrected chi connectivity index (χ3v) is 3.62. The third kappa shape index (κ3) is 4.03. The van der Waals surface area contributed by atoms with Gasteiger partial charge in [0.1, 0.15) is 0 Å². The third-order valence-electron chi connectivity index (χ3n) is 3.62. The Bertz CT molecular complexity index is 893. The Labute approximate surface area is 144 Å². The Morgan fingerprint density at radius 3 is 1.96 bits per heavy atom. The number of aromatic carboxylic acids is 1. The van der Waals surface area contributed by atoms with Crippen LogP contribution in [0.15, 0.2) is 78.9 Å². The molecule has 0 aliphatic heterocycles. The van der Waals surface area contributed by atoms with Crippen LogP contribution >= 0.6 is 0 Å². The number of carbonyl (C=O) groups excluding carboxylic acids is 1. The number of anilines is 2. The fourth-order valence-electron chi connectivity index (χ4n) is 2.48. The number of urea groups is 1. The number of rotatable bonds is 4. The summed E-state index contributed by atoms with van der Waals surface area (Å²) in [5.74, 6) is -1.01. The SMILES string of the molecule is O=C(Nc1ccccc1)Nc1ccc(C(=O)O)c(-c2ccccc2)c1. The van der Waals surface area contributed by atoms with E-state index in [9.17, 15) is 14.7 Å². The topological polar surface area (TPSA) is 78.4 Å². The number of benzene rings is 3. The normalized spacial score (nSPS) is 10.1. The van der Waals surface area contributed by atoms with Crippen molar-refractivity contribution in [2.75, 3.05) is 10.6 Å². The van der Waals surface area contributed by atoms with Gasteiger partial charge in [0, 0.05) is 11.4 Å².